The minimum absolute atomic E-state index is 0.119. The zero-order valence-electron chi connectivity index (χ0n) is 12.3. The molecule has 0 saturated heterocycles. The lowest BCUT2D eigenvalue weighted by atomic mass is 10.1. The molecule has 1 amide bonds. The van der Waals surface area contributed by atoms with Crippen LogP contribution in [0.4, 0.5) is 5.69 Å². The van der Waals surface area contributed by atoms with Gasteiger partial charge in [-0.3, -0.25) is 9.78 Å². The maximum Gasteiger partial charge on any atom is 0.255 e. The molecule has 3 aromatic rings. The van der Waals surface area contributed by atoms with Crippen molar-refractivity contribution in [1.29, 1.82) is 0 Å². The molecule has 0 unspecified atom stereocenters. The minimum Gasteiger partial charge on any atom is -0.358 e. The molecule has 1 aromatic carbocycles. The van der Waals surface area contributed by atoms with Crippen LogP contribution in [0.3, 0.4) is 0 Å². The number of anilines is 1. The molecule has 0 aliphatic carbocycles. The molecule has 21 heavy (non-hydrogen) atoms. The largest absolute Gasteiger partial charge is 0.358 e. The predicted octanol–water partition coefficient (Wildman–Crippen LogP) is 3.74. The van der Waals surface area contributed by atoms with E-state index in [1.54, 1.807) is 6.20 Å². The molecule has 0 radical (unpaired) electrons. The van der Waals surface area contributed by atoms with Crippen molar-refractivity contribution in [3.63, 3.8) is 0 Å². The maximum absolute atomic E-state index is 12.4. The summed E-state index contributed by atoms with van der Waals surface area (Å²) in [6.45, 7) is 5.97. The van der Waals surface area contributed by atoms with Crippen molar-refractivity contribution in [3.8, 4) is 0 Å². The van der Waals surface area contributed by atoms with Crippen LogP contribution >= 0.6 is 0 Å². The first-order valence-electron chi connectivity index (χ1n) is 6.88. The van der Waals surface area contributed by atoms with Crippen LogP contribution in [-0.4, -0.2) is 15.9 Å². The quantitative estimate of drug-likeness (QED) is 0.750. The Hall–Kier alpha value is -2.62. The molecule has 106 valence electrons. The highest BCUT2D eigenvalue weighted by atomic mass is 16.1. The van der Waals surface area contributed by atoms with Crippen molar-refractivity contribution in [2.24, 2.45) is 0 Å². The standard InChI is InChI=1S/C17H17N3O/c1-10-11(2)19-16-7-6-13(9-14(10)16)17(21)20-15-5-4-8-18-12(15)3/h4-9,19H,1-3H3,(H,20,21). The third-order valence-electron chi connectivity index (χ3n) is 3.83. The van der Waals surface area contributed by atoms with Gasteiger partial charge in [-0.1, -0.05) is 0 Å². The van der Waals surface area contributed by atoms with Crippen molar-refractivity contribution < 1.29 is 4.79 Å². The molecule has 2 aromatic heterocycles. The van der Waals surface area contributed by atoms with Gasteiger partial charge in [0, 0.05) is 28.4 Å². The number of nitrogens with zero attached hydrogens (tertiary/aromatic N) is 1. The fraction of sp³-hybridized carbons (Fsp3) is 0.176. The second kappa shape index (κ2) is 5.05. The Morgan fingerprint density at radius 2 is 2.00 bits per heavy atom. The fourth-order valence-electron chi connectivity index (χ4n) is 2.41. The molecule has 4 nitrogen and oxygen atoms in total. The predicted molar refractivity (Wildman–Crippen MR) is 84.7 cm³/mol. The highest BCUT2D eigenvalue weighted by Crippen LogP contribution is 2.23. The summed E-state index contributed by atoms with van der Waals surface area (Å²) in [5.41, 5.74) is 5.56. The Labute approximate surface area is 123 Å². The smallest absolute Gasteiger partial charge is 0.255 e. The second-order valence-corrected chi connectivity index (χ2v) is 5.23. The van der Waals surface area contributed by atoms with Crippen LogP contribution in [0.2, 0.25) is 0 Å². The summed E-state index contributed by atoms with van der Waals surface area (Å²) >= 11 is 0. The molecule has 0 spiro atoms. The summed E-state index contributed by atoms with van der Waals surface area (Å²) in [6.07, 6.45) is 1.71. The molecule has 0 bridgehead atoms. The highest BCUT2D eigenvalue weighted by Gasteiger charge is 2.11. The number of rotatable bonds is 2. The van der Waals surface area contributed by atoms with Crippen molar-refractivity contribution in [2.75, 3.05) is 5.32 Å². The topological polar surface area (TPSA) is 57.8 Å². The lowest BCUT2D eigenvalue weighted by molar-refractivity contribution is 0.102. The number of pyridine rings is 1. The van der Waals surface area contributed by atoms with Crippen molar-refractivity contribution in [1.82, 2.24) is 9.97 Å². The Balaban J connectivity index is 1.95. The number of aryl methyl sites for hydroxylation is 3. The van der Waals surface area contributed by atoms with E-state index in [2.05, 4.69) is 22.2 Å². The van der Waals surface area contributed by atoms with E-state index in [9.17, 15) is 4.79 Å². The minimum atomic E-state index is -0.119. The first kappa shape index (κ1) is 13.4. The molecular formula is C17H17N3O. The average Bonchev–Trinajstić information content (AvgIpc) is 2.76. The Morgan fingerprint density at radius 3 is 2.76 bits per heavy atom. The summed E-state index contributed by atoms with van der Waals surface area (Å²) in [7, 11) is 0. The number of aromatic amines is 1. The van der Waals surface area contributed by atoms with Gasteiger partial charge in [-0.2, -0.15) is 0 Å². The van der Waals surface area contributed by atoms with E-state index < -0.39 is 0 Å². The number of fused-ring (bicyclic) bond motifs is 1. The zero-order chi connectivity index (χ0) is 15.0. The van der Waals surface area contributed by atoms with Gasteiger partial charge in [-0.25, -0.2) is 0 Å². The van der Waals surface area contributed by atoms with E-state index in [1.165, 1.54) is 5.56 Å². The summed E-state index contributed by atoms with van der Waals surface area (Å²) in [4.78, 5) is 19.9. The third kappa shape index (κ3) is 2.40. The van der Waals surface area contributed by atoms with Gasteiger partial charge in [0.2, 0.25) is 0 Å². The molecule has 4 heteroatoms. The number of carbonyl (C=O) groups excluding carboxylic acids is 1. The lowest BCUT2D eigenvalue weighted by Gasteiger charge is -2.07. The number of nitrogens with one attached hydrogen (secondary N) is 2. The van der Waals surface area contributed by atoms with Crippen molar-refractivity contribution >= 4 is 22.5 Å². The van der Waals surface area contributed by atoms with Gasteiger partial charge in [-0.05, 0) is 56.7 Å². The molecule has 0 aliphatic heterocycles. The summed E-state index contributed by atoms with van der Waals surface area (Å²) in [5.74, 6) is -0.119. The Morgan fingerprint density at radius 1 is 1.19 bits per heavy atom. The number of aromatic nitrogens is 2. The molecule has 0 aliphatic rings. The first-order chi connectivity index (χ1) is 10.1. The van der Waals surface area contributed by atoms with E-state index >= 15 is 0 Å². The Kier molecular flexibility index (Phi) is 3.22. The average molecular weight is 279 g/mol. The van der Waals surface area contributed by atoms with Crippen molar-refractivity contribution in [3.05, 3.63) is 59.0 Å². The third-order valence-corrected chi connectivity index (χ3v) is 3.83. The van der Waals surface area contributed by atoms with Gasteiger partial charge in [0.05, 0.1) is 11.4 Å². The van der Waals surface area contributed by atoms with Crippen LogP contribution in [-0.2, 0) is 0 Å². The maximum atomic E-state index is 12.4. The fourth-order valence-corrected chi connectivity index (χ4v) is 2.41. The van der Waals surface area contributed by atoms with E-state index in [1.807, 2.05) is 44.2 Å². The van der Waals surface area contributed by atoms with Gasteiger partial charge in [0.25, 0.3) is 5.91 Å². The number of benzene rings is 1. The van der Waals surface area contributed by atoms with Crippen LogP contribution in [0, 0.1) is 20.8 Å². The lowest BCUT2D eigenvalue weighted by Crippen LogP contribution is -2.13. The number of hydrogen-bond donors (Lipinski definition) is 2. The van der Waals surface area contributed by atoms with Gasteiger partial charge >= 0.3 is 0 Å². The summed E-state index contributed by atoms with van der Waals surface area (Å²) in [5, 5.41) is 3.99. The van der Waals surface area contributed by atoms with E-state index in [0.717, 1.165) is 28.0 Å². The van der Waals surface area contributed by atoms with Crippen LogP contribution in [0.15, 0.2) is 36.5 Å². The number of amides is 1. The zero-order valence-corrected chi connectivity index (χ0v) is 12.3. The summed E-state index contributed by atoms with van der Waals surface area (Å²) in [6, 6.07) is 9.37. The van der Waals surface area contributed by atoms with Crippen LogP contribution in [0.5, 0.6) is 0 Å². The van der Waals surface area contributed by atoms with Crippen LogP contribution in [0.25, 0.3) is 10.9 Å². The molecule has 0 fully saturated rings. The van der Waals surface area contributed by atoms with Crippen LogP contribution < -0.4 is 5.32 Å². The molecule has 0 saturated carbocycles. The Bertz CT molecular complexity index is 833. The van der Waals surface area contributed by atoms with Gasteiger partial charge < -0.3 is 10.3 Å². The van der Waals surface area contributed by atoms with Gasteiger partial charge in [0.15, 0.2) is 0 Å². The van der Waals surface area contributed by atoms with E-state index in [4.69, 9.17) is 0 Å². The molecule has 2 heterocycles. The molecular weight excluding hydrogens is 262 g/mol. The highest BCUT2D eigenvalue weighted by molar-refractivity contribution is 6.06. The SMILES string of the molecule is Cc1ncccc1NC(=O)c1ccc2[nH]c(C)c(C)c2c1. The van der Waals surface area contributed by atoms with Crippen molar-refractivity contribution in [2.45, 2.75) is 20.8 Å². The number of hydrogen-bond acceptors (Lipinski definition) is 2. The summed E-state index contributed by atoms with van der Waals surface area (Å²) < 4.78 is 0. The molecule has 3 rings (SSSR count). The first-order valence-corrected chi connectivity index (χ1v) is 6.88. The molecule has 0 atom stereocenters. The number of carbonyl (C=O) groups is 1. The normalized spacial score (nSPS) is 10.8. The monoisotopic (exact) mass is 279 g/mol. The van der Waals surface area contributed by atoms with Gasteiger partial charge in [-0.15, -0.1) is 0 Å². The number of H-pyrrole nitrogens is 1. The van der Waals surface area contributed by atoms with Crippen LogP contribution in [0.1, 0.15) is 27.3 Å². The van der Waals surface area contributed by atoms with Gasteiger partial charge in [0.1, 0.15) is 0 Å². The molecule has 2 N–H and O–H groups in total. The van der Waals surface area contributed by atoms with E-state index in [-0.39, 0.29) is 5.91 Å². The van der Waals surface area contributed by atoms with E-state index in [0.29, 0.717) is 5.56 Å². The second-order valence-electron chi connectivity index (χ2n) is 5.23.